The maximum absolute atomic E-state index is 11.4. The van der Waals surface area contributed by atoms with Gasteiger partial charge in [-0.1, -0.05) is 43.2 Å². The number of aryl methyl sites for hydroxylation is 2. The van der Waals surface area contributed by atoms with Crippen molar-refractivity contribution in [1.82, 2.24) is 19.9 Å². The van der Waals surface area contributed by atoms with Gasteiger partial charge in [0.25, 0.3) is 0 Å². The number of anilines is 2. The molecule has 5 rings (SSSR count). The first-order valence-electron chi connectivity index (χ1n) is 14.8. The number of rotatable bonds is 11. The number of unbranched alkanes of at least 4 members (excludes halogenated alkanes) is 1. The SMILES string of the molecule is CCCC[Si](C)(C)Oc1ccc(Nc2cc(C#N)cc(-n3cc(CCc4cccc5c4CCN(C(=O)O)C5)nn3)c2)cc1. The summed E-state index contributed by atoms with van der Waals surface area (Å²) >= 11 is 0. The van der Waals surface area contributed by atoms with Crippen LogP contribution >= 0.6 is 0 Å². The van der Waals surface area contributed by atoms with Crippen molar-refractivity contribution in [2.75, 3.05) is 11.9 Å². The fourth-order valence-electron chi connectivity index (χ4n) is 5.51. The molecular weight excluding hydrogens is 556 g/mol. The summed E-state index contributed by atoms with van der Waals surface area (Å²) in [6.07, 6.45) is 5.60. The quantitative estimate of drug-likeness (QED) is 0.178. The van der Waals surface area contributed by atoms with Gasteiger partial charge in [-0.2, -0.15) is 5.26 Å². The van der Waals surface area contributed by atoms with Gasteiger partial charge in [-0.25, -0.2) is 9.48 Å². The number of hydrogen-bond acceptors (Lipinski definition) is 6. The van der Waals surface area contributed by atoms with Gasteiger partial charge in [0.1, 0.15) is 5.75 Å². The monoisotopic (exact) mass is 594 g/mol. The maximum Gasteiger partial charge on any atom is 0.407 e. The van der Waals surface area contributed by atoms with Crippen LogP contribution in [0.15, 0.2) is 66.9 Å². The van der Waals surface area contributed by atoms with E-state index in [4.69, 9.17) is 4.43 Å². The smallest absolute Gasteiger partial charge is 0.407 e. The zero-order valence-electron chi connectivity index (χ0n) is 25.0. The summed E-state index contributed by atoms with van der Waals surface area (Å²) in [5, 5.41) is 31.2. The van der Waals surface area contributed by atoms with Gasteiger partial charge < -0.3 is 19.7 Å². The van der Waals surface area contributed by atoms with Crippen LogP contribution in [0.5, 0.6) is 5.75 Å². The molecule has 1 amide bonds. The molecule has 2 heterocycles. The number of fused-ring (bicyclic) bond motifs is 1. The molecule has 0 saturated carbocycles. The number of benzene rings is 3. The summed E-state index contributed by atoms with van der Waals surface area (Å²) < 4.78 is 8.04. The lowest BCUT2D eigenvalue weighted by molar-refractivity contribution is 0.140. The van der Waals surface area contributed by atoms with Gasteiger partial charge >= 0.3 is 6.09 Å². The molecular formula is C33H38N6O3Si. The van der Waals surface area contributed by atoms with E-state index in [1.54, 1.807) is 10.7 Å². The summed E-state index contributed by atoms with van der Waals surface area (Å²) in [6, 6.07) is 23.0. The highest BCUT2D eigenvalue weighted by Gasteiger charge is 2.24. The molecule has 1 aliphatic rings. The molecule has 10 heteroatoms. The Kier molecular flexibility index (Phi) is 9.12. The molecule has 0 atom stereocenters. The summed E-state index contributed by atoms with van der Waals surface area (Å²) in [5.74, 6) is 0.887. The van der Waals surface area contributed by atoms with Crippen LogP contribution < -0.4 is 9.74 Å². The van der Waals surface area contributed by atoms with E-state index in [2.05, 4.69) is 47.8 Å². The van der Waals surface area contributed by atoms with Gasteiger partial charge in [0, 0.05) is 24.5 Å². The third-order valence-electron chi connectivity index (χ3n) is 7.81. The Hall–Kier alpha value is -4.62. The van der Waals surface area contributed by atoms with Gasteiger partial charge in [-0.3, -0.25) is 0 Å². The van der Waals surface area contributed by atoms with Crippen molar-refractivity contribution in [1.29, 1.82) is 5.26 Å². The minimum Gasteiger partial charge on any atom is -0.544 e. The Morgan fingerprint density at radius 2 is 1.93 bits per heavy atom. The normalized spacial score (nSPS) is 12.8. The number of carboxylic acid groups (broad SMARTS) is 1. The fraction of sp³-hybridized carbons (Fsp3) is 0.333. The lowest BCUT2D eigenvalue weighted by Crippen LogP contribution is -2.35. The number of carbonyl (C=O) groups is 1. The second-order valence-corrected chi connectivity index (χ2v) is 15.9. The van der Waals surface area contributed by atoms with Crippen molar-refractivity contribution in [2.24, 2.45) is 0 Å². The highest BCUT2D eigenvalue weighted by atomic mass is 28.4. The lowest BCUT2D eigenvalue weighted by atomic mass is 9.92. The van der Waals surface area contributed by atoms with Crippen LogP contribution in [0.1, 0.15) is 47.7 Å². The van der Waals surface area contributed by atoms with Crippen molar-refractivity contribution in [3.05, 3.63) is 94.8 Å². The molecule has 0 aliphatic carbocycles. The molecule has 0 spiro atoms. The predicted octanol–water partition coefficient (Wildman–Crippen LogP) is 7.09. The van der Waals surface area contributed by atoms with Crippen molar-refractivity contribution >= 4 is 25.8 Å². The van der Waals surface area contributed by atoms with Crippen LogP contribution in [0, 0.1) is 11.3 Å². The molecule has 0 saturated heterocycles. The maximum atomic E-state index is 11.4. The Morgan fingerprint density at radius 1 is 1.12 bits per heavy atom. The van der Waals surface area contributed by atoms with Crippen LogP contribution in [0.2, 0.25) is 19.1 Å². The number of nitriles is 1. The molecule has 0 fully saturated rings. The van der Waals surface area contributed by atoms with Crippen LogP contribution in [0.25, 0.3) is 5.69 Å². The first-order chi connectivity index (χ1) is 20.7. The average molecular weight is 595 g/mol. The summed E-state index contributed by atoms with van der Waals surface area (Å²) in [4.78, 5) is 12.9. The second kappa shape index (κ2) is 13.1. The first-order valence-corrected chi connectivity index (χ1v) is 17.9. The van der Waals surface area contributed by atoms with E-state index in [0.29, 0.717) is 25.1 Å². The largest absolute Gasteiger partial charge is 0.544 e. The Balaban J connectivity index is 1.25. The van der Waals surface area contributed by atoms with E-state index in [9.17, 15) is 15.2 Å². The van der Waals surface area contributed by atoms with Crippen LogP contribution in [-0.2, 0) is 25.8 Å². The molecule has 222 valence electrons. The molecule has 3 aromatic carbocycles. The van der Waals surface area contributed by atoms with Crippen LogP contribution in [0.4, 0.5) is 16.2 Å². The molecule has 1 aromatic heterocycles. The van der Waals surface area contributed by atoms with Crippen LogP contribution in [-0.4, -0.2) is 46.0 Å². The summed E-state index contributed by atoms with van der Waals surface area (Å²) in [5.41, 5.74) is 7.33. The van der Waals surface area contributed by atoms with Gasteiger partial charge in [0.05, 0.1) is 29.2 Å². The number of aromatic nitrogens is 3. The van der Waals surface area contributed by atoms with Crippen LogP contribution in [0.3, 0.4) is 0 Å². The second-order valence-electron chi connectivity index (χ2n) is 11.7. The minimum atomic E-state index is -1.74. The topological polar surface area (TPSA) is 116 Å². The minimum absolute atomic E-state index is 0.428. The van der Waals surface area contributed by atoms with Crippen molar-refractivity contribution in [2.45, 2.75) is 64.7 Å². The lowest BCUT2D eigenvalue weighted by Gasteiger charge is -2.28. The molecule has 0 radical (unpaired) electrons. The molecule has 4 aromatic rings. The third-order valence-corrected chi connectivity index (χ3v) is 10.2. The van der Waals surface area contributed by atoms with Gasteiger partial charge in [-0.05, 0) is 97.6 Å². The molecule has 43 heavy (non-hydrogen) atoms. The molecule has 2 N–H and O–H groups in total. The van der Waals surface area contributed by atoms with Gasteiger partial charge in [0.15, 0.2) is 0 Å². The van der Waals surface area contributed by atoms with E-state index < -0.39 is 14.4 Å². The number of nitrogens with one attached hydrogen (secondary N) is 1. The van der Waals surface area contributed by atoms with Crippen molar-refractivity contribution in [3.8, 4) is 17.5 Å². The predicted molar refractivity (Wildman–Crippen MR) is 170 cm³/mol. The molecule has 0 bridgehead atoms. The molecule has 9 nitrogen and oxygen atoms in total. The number of nitrogens with zero attached hydrogens (tertiary/aromatic N) is 5. The zero-order chi connectivity index (χ0) is 30.4. The number of hydrogen-bond donors (Lipinski definition) is 2. The van der Waals surface area contributed by atoms with E-state index in [-0.39, 0.29) is 0 Å². The van der Waals surface area contributed by atoms with E-state index in [0.717, 1.165) is 53.0 Å². The van der Waals surface area contributed by atoms with Crippen molar-refractivity contribution in [3.63, 3.8) is 0 Å². The number of amides is 1. The summed E-state index contributed by atoms with van der Waals surface area (Å²) in [7, 11) is -1.74. The Labute approximate surface area is 253 Å². The summed E-state index contributed by atoms with van der Waals surface area (Å²) in [6.45, 7) is 7.65. The van der Waals surface area contributed by atoms with E-state index >= 15 is 0 Å². The van der Waals surface area contributed by atoms with Gasteiger partial charge in [0.2, 0.25) is 8.32 Å². The van der Waals surface area contributed by atoms with E-state index in [1.165, 1.54) is 28.9 Å². The van der Waals surface area contributed by atoms with Crippen molar-refractivity contribution < 1.29 is 14.3 Å². The van der Waals surface area contributed by atoms with Gasteiger partial charge in [-0.15, -0.1) is 5.10 Å². The zero-order valence-corrected chi connectivity index (χ0v) is 26.0. The highest BCUT2D eigenvalue weighted by molar-refractivity contribution is 6.71. The Bertz CT molecular complexity index is 1630. The average Bonchev–Trinajstić information content (AvgIpc) is 3.48. The molecule has 1 aliphatic heterocycles. The molecule has 0 unspecified atom stereocenters. The van der Waals surface area contributed by atoms with E-state index in [1.807, 2.05) is 54.7 Å². The Morgan fingerprint density at radius 3 is 2.67 bits per heavy atom. The third kappa shape index (κ3) is 7.61. The highest BCUT2D eigenvalue weighted by Crippen LogP contribution is 2.27. The first kappa shape index (κ1) is 29.9. The standard InChI is InChI=1S/C33H38N6O3Si/c1-4-5-17-43(2,3)42-31-13-11-27(12-14-31)35-29-18-24(21-34)19-30(20-29)39-23-28(36-37-39)10-9-25-7-6-8-26-22-38(33(40)41)16-15-32(25)26/h6-8,11-14,18-20,23,35H,4-5,9-10,15-17,22H2,1-3H3,(H,40,41). The fourth-order valence-corrected chi connectivity index (χ4v) is 7.59.